The minimum atomic E-state index is -1.29. The van der Waals surface area contributed by atoms with Crippen molar-refractivity contribution in [2.45, 2.75) is 24.8 Å². The smallest absolute Gasteiger partial charge is 0.177 e. The Labute approximate surface area is 85.3 Å². The van der Waals surface area contributed by atoms with E-state index in [4.69, 9.17) is 0 Å². The topological polar surface area (TPSA) is 45.6 Å². The SMILES string of the molecule is CC(C)N1C=NS(=O)c2cccnc21. The van der Waals surface area contributed by atoms with E-state index in [1.807, 2.05) is 18.7 Å². The van der Waals surface area contributed by atoms with E-state index in [0.717, 1.165) is 5.82 Å². The van der Waals surface area contributed by atoms with Crippen LogP contribution in [0, 0.1) is 0 Å². The molecule has 0 bridgehead atoms. The Kier molecular flexibility index (Phi) is 2.33. The minimum Gasteiger partial charge on any atom is -0.313 e. The predicted octanol–water partition coefficient (Wildman–Crippen LogP) is 1.36. The highest BCUT2D eigenvalue weighted by Gasteiger charge is 2.21. The summed E-state index contributed by atoms with van der Waals surface area (Å²) in [6, 6.07) is 3.84. The largest absolute Gasteiger partial charge is 0.313 e. The number of hydrogen-bond donors (Lipinski definition) is 0. The predicted molar refractivity (Wildman–Crippen MR) is 56.8 cm³/mol. The number of rotatable bonds is 1. The fraction of sp³-hybridized carbons (Fsp3) is 0.333. The second-order valence-electron chi connectivity index (χ2n) is 3.30. The summed E-state index contributed by atoms with van der Waals surface area (Å²) in [5, 5.41) is 0. The van der Waals surface area contributed by atoms with Gasteiger partial charge in [0.1, 0.15) is 11.2 Å². The van der Waals surface area contributed by atoms with Crippen molar-refractivity contribution in [2.75, 3.05) is 4.90 Å². The van der Waals surface area contributed by atoms with Crippen molar-refractivity contribution in [1.29, 1.82) is 0 Å². The molecule has 1 atom stereocenters. The molecule has 0 aromatic carbocycles. The van der Waals surface area contributed by atoms with Crippen LogP contribution in [0.4, 0.5) is 5.82 Å². The number of fused-ring (bicyclic) bond motifs is 1. The van der Waals surface area contributed by atoms with Crippen LogP contribution in [0.2, 0.25) is 0 Å². The zero-order valence-corrected chi connectivity index (χ0v) is 8.86. The molecule has 5 heteroatoms. The van der Waals surface area contributed by atoms with Crippen molar-refractivity contribution in [2.24, 2.45) is 4.40 Å². The van der Waals surface area contributed by atoms with Gasteiger partial charge >= 0.3 is 0 Å². The van der Waals surface area contributed by atoms with E-state index in [1.54, 1.807) is 24.7 Å². The van der Waals surface area contributed by atoms with Gasteiger partial charge in [-0.05, 0) is 26.0 Å². The highest BCUT2D eigenvalue weighted by atomic mass is 32.2. The summed E-state index contributed by atoms with van der Waals surface area (Å²) < 4.78 is 15.4. The molecule has 0 saturated carbocycles. The van der Waals surface area contributed by atoms with Crippen LogP contribution in [-0.2, 0) is 11.0 Å². The zero-order chi connectivity index (χ0) is 10.1. The first-order valence-electron chi connectivity index (χ1n) is 4.39. The average molecular weight is 209 g/mol. The lowest BCUT2D eigenvalue weighted by atomic mass is 10.3. The van der Waals surface area contributed by atoms with Crippen LogP contribution in [0.15, 0.2) is 27.6 Å². The number of anilines is 1. The standard InChI is InChI=1S/C9H11N3OS/c1-7(2)12-6-11-14(13)8-4-3-5-10-9(8)12/h3-7H,1-2H3. The molecular formula is C9H11N3OS. The number of hydrogen-bond acceptors (Lipinski definition) is 3. The Hall–Kier alpha value is -1.23. The van der Waals surface area contributed by atoms with Crippen LogP contribution >= 0.6 is 0 Å². The summed E-state index contributed by atoms with van der Waals surface area (Å²) in [6.45, 7) is 4.08. The summed E-state index contributed by atoms with van der Waals surface area (Å²) in [6.07, 6.45) is 3.29. The van der Waals surface area contributed by atoms with Crippen molar-refractivity contribution >= 4 is 23.1 Å². The molecule has 1 aliphatic heterocycles. The molecule has 74 valence electrons. The van der Waals surface area contributed by atoms with Gasteiger partial charge in [-0.15, -0.1) is 0 Å². The molecule has 1 aromatic heterocycles. The normalized spacial score (nSPS) is 19.9. The maximum atomic E-state index is 11.5. The van der Waals surface area contributed by atoms with E-state index in [9.17, 15) is 4.21 Å². The Morgan fingerprint density at radius 2 is 2.29 bits per heavy atom. The molecule has 0 amide bonds. The van der Waals surface area contributed by atoms with E-state index in [1.165, 1.54) is 0 Å². The summed E-state index contributed by atoms with van der Waals surface area (Å²) >= 11 is 0. The van der Waals surface area contributed by atoms with E-state index in [-0.39, 0.29) is 6.04 Å². The van der Waals surface area contributed by atoms with E-state index < -0.39 is 11.0 Å². The van der Waals surface area contributed by atoms with Gasteiger partial charge in [0.15, 0.2) is 16.8 Å². The van der Waals surface area contributed by atoms with Gasteiger partial charge in [0.25, 0.3) is 0 Å². The second kappa shape index (κ2) is 3.49. The van der Waals surface area contributed by atoms with Crippen LogP contribution in [0.3, 0.4) is 0 Å². The second-order valence-corrected chi connectivity index (χ2v) is 4.45. The Balaban J connectivity index is 2.53. The Bertz CT molecular complexity index is 403. The van der Waals surface area contributed by atoms with Crippen LogP contribution in [0.25, 0.3) is 0 Å². The lowest BCUT2D eigenvalue weighted by Crippen LogP contribution is -2.33. The van der Waals surface area contributed by atoms with Crippen LogP contribution in [-0.4, -0.2) is 21.6 Å². The van der Waals surface area contributed by atoms with Crippen molar-refractivity contribution in [1.82, 2.24) is 4.98 Å². The van der Waals surface area contributed by atoms with Gasteiger partial charge in [-0.2, -0.15) is 4.40 Å². The molecule has 2 heterocycles. The minimum absolute atomic E-state index is 0.268. The molecule has 0 saturated heterocycles. The maximum absolute atomic E-state index is 11.5. The van der Waals surface area contributed by atoms with E-state index in [0.29, 0.717) is 4.90 Å². The molecule has 4 nitrogen and oxygen atoms in total. The molecule has 0 spiro atoms. The van der Waals surface area contributed by atoms with Gasteiger partial charge < -0.3 is 4.90 Å². The maximum Gasteiger partial charge on any atom is 0.177 e. The molecule has 1 aliphatic rings. The molecule has 1 aromatic rings. The number of aromatic nitrogens is 1. The first-order valence-corrected chi connectivity index (χ1v) is 5.50. The number of nitrogens with zero attached hydrogens (tertiary/aromatic N) is 3. The zero-order valence-electron chi connectivity index (χ0n) is 8.04. The van der Waals surface area contributed by atoms with Gasteiger partial charge in [0.2, 0.25) is 0 Å². The third-order valence-electron chi connectivity index (χ3n) is 2.01. The lowest BCUT2D eigenvalue weighted by Gasteiger charge is -2.26. The molecule has 2 rings (SSSR count). The number of pyridine rings is 1. The van der Waals surface area contributed by atoms with Crippen molar-refractivity contribution in [3.05, 3.63) is 18.3 Å². The van der Waals surface area contributed by atoms with Crippen LogP contribution < -0.4 is 4.90 Å². The van der Waals surface area contributed by atoms with Crippen molar-refractivity contribution in [3.63, 3.8) is 0 Å². The van der Waals surface area contributed by atoms with E-state index in [2.05, 4.69) is 9.38 Å². The third kappa shape index (κ3) is 1.43. The molecule has 0 aliphatic carbocycles. The summed E-state index contributed by atoms with van der Waals surface area (Å²) in [5.74, 6) is 0.746. The highest BCUT2D eigenvalue weighted by Crippen LogP contribution is 2.25. The summed E-state index contributed by atoms with van der Waals surface area (Å²) in [5.41, 5.74) is 0. The Morgan fingerprint density at radius 1 is 1.50 bits per heavy atom. The first kappa shape index (κ1) is 9.33. The fourth-order valence-electron chi connectivity index (χ4n) is 1.30. The van der Waals surface area contributed by atoms with Crippen molar-refractivity contribution < 1.29 is 4.21 Å². The Morgan fingerprint density at radius 3 is 3.00 bits per heavy atom. The molecular weight excluding hydrogens is 198 g/mol. The molecule has 0 N–H and O–H groups in total. The summed E-state index contributed by atoms with van der Waals surface area (Å²) in [4.78, 5) is 6.81. The van der Waals surface area contributed by atoms with Gasteiger partial charge in [-0.3, -0.25) is 0 Å². The fourth-order valence-corrected chi connectivity index (χ4v) is 2.11. The van der Waals surface area contributed by atoms with Crippen molar-refractivity contribution in [3.8, 4) is 0 Å². The van der Waals surface area contributed by atoms with Gasteiger partial charge in [-0.1, -0.05) is 0 Å². The monoisotopic (exact) mass is 209 g/mol. The molecule has 1 unspecified atom stereocenters. The average Bonchev–Trinajstić information content (AvgIpc) is 2.18. The lowest BCUT2D eigenvalue weighted by molar-refractivity contribution is 0.681. The summed E-state index contributed by atoms with van der Waals surface area (Å²) in [7, 11) is -1.29. The van der Waals surface area contributed by atoms with Crippen LogP contribution in [0.5, 0.6) is 0 Å². The van der Waals surface area contributed by atoms with Gasteiger partial charge in [0, 0.05) is 12.2 Å². The quantitative estimate of drug-likeness (QED) is 0.701. The van der Waals surface area contributed by atoms with Gasteiger partial charge in [-0.25, -0.2) is 9.19 Å². The first-order chi connectivity index (χ1) is 6.70. The molecule has 14 heavy (non-hydrogen) atoms. The van der Waals surface area contributed by atoms with E-state index >= 15 is 0 Å². The van der Waals surface area contributed by atoms with Gasteiger partial charge in [0.05, 0.1) is 0 Å². The molecule has 0 fully saturated rings. The third-order valence-corrected chi connectivity index (χ3v) is 2.99. The van der Waals surface area contributed by atoms with Crippen LogP contribution in [0.1, 0.15) is 13.8 Å². The molecule has 0 radical (unpaired) electrons. The highest BCUT2D eigenvalue weighted by molar-refractivity contribution is 7.84.